The molecule has 4 heteroatoms. The topological polar surface area (TPSA) is 12.9 Å². The number of hydrogen-bond acceptors (Lipinski definition) is 1. The van der Waals surface area contributed by atoms with Crippen LogP contribution >= 0.6 is 18.8 Å². The summed E-state index contributed by atoms with van der Waals surface area (Å²) >= 11 is -0.472. The second kappa shape index (κ2) is 13.4. The van der Waals surface area contributed by atoms with Crippen LogP contribution in [0.25, 0.3) is 0 Å². The minimum atomic E-state index is -0.472. The van der Waals surface area contributed by atoms with Crippen LogP contribution in [0.3, 0.4) is 0 Å². The molecule has 0 unspecified atom stereocenters. The van der Waals surface area contributed by atoms with Gasteiger partial charge >= 0.3 is 35.3 Å². The Morgan fingerprint density at radius 1 is 0.941 bits per heavy atom. The van der Waals surface area contributed by atoms with Crippen molar-refractivity contribution >= 4 is 18.8 Å². The maximum absolute atomic E-state index is 4.88. The Labute approximate surface area is 119 Å². The van der Waals surface area contributed by atoms with E-state index in [0.717, 1.165) is 5.56 Å². The van der Waals surface area contributed by atoms with Crippen molar-refractivity contribution in [2.45, 2.75) is 0 Å². The summed E-state index contributed by atoms with van der Waals surface area (Å²) in [7, 11) is 9.75. The van der Waals surface area contributed by atoms with E-state index in [9.17, 15) is 0 Å². The molecule has 0 aliphatic heterocycles. The monoisotopic (exact) mass is 447 g/mol. The molecular formula is C13H12Cl2NPt-. The van der Waals surface area contributed by atoms with Crippen LogP contribution in [0.2, 0.25) is 0 Å². The van der Waals surface area contributed by atoms with E-state index in [0.29, 0.717) is 0 Å². The van der Waals surface area contributed by atoms with Gasteiger partial charge in [-0.25, -0.2) is 0 Å². The number of hydrogen-bond donors (Lipinski definition) is 0. The van der Waals surface area contributed by atoms with Gasteiger partial charge in [0.2, 0.25) is 0 Å². The summed E-state index contributed by atoms with van der Waals surface area (Å²) in [5.74, 6) is 0. The van der Waals surface area contributed by atoms with Gasteiger partial charge in [0.05, 0.1) is 0 Å². The van der Waals surface area contributed by atoms with Gasteiger partial charge in [-0.05, 0) is 12.1 Å². The molecule has 17 heavy (non-hydrogen) atoms. The third-order valence-corrected chi connectivity index (χ3v) is 1.54. The summed E-state index contributed by atoms with van der Waals surface area (Å²) in [6, 6.07) is 15.6. The minimum Gasteiger partial charge on any atom is -0.265 e. The van der Waals surface area contributed by atoms with Gasteiger partial charge in [-0.3, -0.25) is 4.98 Å². The summed E-state index contributed by atoms with van der Waals surface area (Å²) in [4.78, 5) is 3.78. The summed E-state index contributed by atoms with van der Waals surface area (Å²) in [5, 5.41) is 0. The smallest absolute Gasteiger partial charge is 0.0267 e. The van der Waals surface area contributed by atoms with Gasteiger partial charge in [0.1, 0.15) is 0 Å². The van der Waals surface area contributed by atoms with E-state index in [2.05, 4.69) is 17.6 Å². The summed E-state index contributed by atoms with van der Waals surface area (Å²) < 4.78 is 0. The van der Waals surface area contributed by atoms with Gasteiger partial charge in [-0.1, -0.05) is 12.1 Å². The second-order valence-electron chi connectivity index (χ2n) is 2.61. The van der Waals surface area contributed by atoms with Gasteiger partial charge in [0.25, 0.3) is 0 Å². The molecule has 0 saturated carbocycles. The maximum Gasteiger partial charge on any atom is 0.0267 e. The van der Waals surface area contributed by atoms with Crippen molar-refractivity contribution in [3.05, 3.63) is 79.1 Å². The number of aromatic nitrogens is 1. The summed E-state index contributed by atoms with van der Waals surface area (Å²) in [5.41, 5.74) is 1.05. The molecule has 0 saturated heterocycles. The first-order valence-corrected chi connectivity index (χ1v) is 10.2. The van der Waals surface area contributed by atoms with Crippen LogP contribution in [0, 0.1) is 6.08 Å². The van der Waals surface area contributed by atoms with E-state index in [1.165, 1.54) is 0 Å². The molecule has 1 aromatic heterocycles. The molecule has 1 nitrogen and oxygen atoms in total. The first-order chi connectivity index (χ1) is 8.35. The van der Waals surface area contributed by atoms with Crippen molar-refractivity contribution in [1.82, 2.24) is 4.98 Å². The number of halogens is 2. The number of benzene rings is 1. The summed E-state index contributed by atoms with van der Waals surface area (Å²) in [6.45, 7) is 3.51. The standard InChI is InChI=1S/C8H7.C5H5N.2ClH.Pt/c1-2-8-6-4-3-5-7-8;1-2-4-6-5-3-1;;;/h3-7H,1H2;1-5H;2*1H;/q-1;;;;+2/p-2. The van der Waals surface area contributed by atoms with Gasteiger partial charge < -0.3 is 0 Å². The Kier molecular flexibility index (Phi) is 13.0. The van der Waals surface area contributed by atoms with E-state index < -0.39 is 16.5 Å². The van der Waals surface area contributed by atoms with Crippen molar-refractivity contribution < 1.29 is 16.5 Å². The van der Waals surface area contributed by atoms with E-state index in [-0.39, 0.29) is 0 Å². The molecular weight excluding hydrogens is 436 g/mol. The average Bonchev–Trinajstić information content (AvgIpc) is 2.43. The fourth-order valence-corrected chi connectivity index (χ4v) is 0.869. The molecule has 0 N–H and O–H groups in total. The van der Waals surface area contributed by atoms with Crippen molar-refractivity contribution in [2.75, 3.05) is 0 Å². The van der Waals surface area contributed by atoms with Gasteiger partial charge in [0.15, 0.2) is 0 Å². The maximum atomic E-state index is 4.88. The Hall–Kier alpha value is -0.622. The van der Waals surface area contributed by atoms with E-state index in [1.54, 1.807) is 12.4 Å². The quantitative estimate of drug-likeness (QED) is 0.587. The molecule has 0 radical (unpaired) electrons. The number of nitrogens with zero attached hydrogens (tertiary/aromatic N) is 1. The van der Waals surface area contributed by atoms with Gasteiger partial charge in [0, 0.05) is 12.4 Å². The van der Waals surface area contributed by atoms with Crippen LogP contribution in [0.4, 0.5) is 0 Å². The van der Waals surface area contributed by atoms with Gasteiger partial charge in [-0.2, -0.15) is 30.4 Å². The predicted molar refractivity (Wildman–Crippen MR) is 70.4 cm³/mol. The van der Waals surface area contributed by atoms with Crippen molar-refractivity contribution in [2.24, 2.45) is 0 Å². The zero-order chi connectivity index (χ0) is 12.8. The van der Waals surface area contributed by atoms with E-state index in [4.69, 9.17) is 18.8 Å². The first-order valence-electron chi connectivity index (χ1n) is 4.60. The predicted octanol–water partition coefficient (Wildman–Crippen LogP) is 4.48. The number of rotatable bonds is 1. The third kappa shape index (κ3) is 11.6. The fraction of sp³-hybridized carbons (Fsp3) is 0. The van der Waals surface area contributed by atoms with Gasteiger partial charge in [-0.15, -0.1) is 12.1 Å². The van der Waals surface area contributed by atoms with E-state index >= 15 is 0 Å². The van der Waals surface area contributed by atoms with Crippen LogP contribution in [0.5, 0.6) is 0 Å². The normalized spacial score (nSPS) is 8.12. The Balaban J connectivity index is 0.000000252. The zero-order valence-corrected chi connectivity index (χ0v) is 12.8. The van der Waals surface area contributed by atoms with Crippen LogP contribution in [-0.2, 0) is 16.5 Å². The zero-order valence-electron chi connectivity index (χ0n) is 9.00. The molecule has 1 aromatic carbocycles. The second-order valence-corrected chi connectivity index (χ2v) is 5.90. The van der Waals surface area contributed by atoms with E-state index in [1.807, 2.05) is 48.5 Å². The largest absolute Gasteiger partial charge is 0.265 e. The Morgan fingerprint density at radius 2 is 1.41 bits per heavy atom. The van der Waals surface area contributed by atoms with Crippen LogP contribution in [0.15, 0.2) is 67.5 Å². The summed E-state index contributed by atoms with van der Waals surface area (Å²) in [6.07, 6.45) is 6.28. The Bertz CT molecular complexity index is 341. The molecule has 2 aromatic rings. The van der Waals surface area contributed by atoms with Crippen molar-refractivity contribution in [3.8, 4) is 0 Å². The molecule has 0 aliphatic rings. The molecule has 94 valence electrons. The molecule has 0 bridgehead atoms. The Morgan fingerprint density at radius 3 is 1.65 bits per heavy atom. The number of pyridine rings is 1. The van der Waals surface area contributed by atoms with Crippen molar-refractivity contribution in [1.29, 1.82) is 0 Å². The molecule has 0 spiro atoms. The molecule has 0 atom stereocenters. The third-order valence-electron chi connectivity index (χ3n) is 1.54. The minimum absolute atomic E-state index is 0.472. The average molecular weight is 448 g/mol. The molecule has 0 fully saturated rings. The molecule has 1 heterocycles. The van der Waals surface area contributed by atoms with Crippen LogP contribution in [-0.4, -0.2) is 4.98 Å². The fourth-order valence-electron chi connectivity index (χ4n) is 0.869. The SMILES string of the molecule is C=[C-]c1ccccc1.[Cl][Pt][Cl].c1ccncc1. The first kappa shape index (κ1) is 16.4. The van der Waals surface area contributed by atoms with Crippen LogP contribution < -0.4 is 0 Å². The molecule has 0 amide bonds. The van der Waals surface area contributed by atoms with Crippen LogP contribution in [0.1, 0.15) is 5.56 Å². The molecule has 2 rings (SSSR count). The molecule has 0 aliphatic carbocycles. The van der Waals surface area contributed by atoms with Crippen molar-refractivity contribution in [3.63, 3.8) is 0 Å².